The van der Waals surface area contributed by atoms with Crippen molar-refractivity contribution in [3.8, 4) is 0 Å². The van der Waals surface area contributed by atoms with E-state index in [9.17, 15) is 0 Å². The fourth-order valence-electron chi connectivity index (χ4n) is 1.64. The molecule has 0 unspecified atom stereocenters. The van der Waals surface area contributed by atoms with Crippen LogP contribution in [0.15, 0.2) is 0 Å². The van der Waals surface area contributed by atoms with E-state index in [2.05, 4.69) is 12.2 Å². The first-order valence-electron chi connectivity index (χ1n) is 4.67. The van der Waals surface area contributed by atoms with E-state index < -0.39 is 0 Å². The molecule has 2 nitrogen and oxygen atoms in total. The third kappa shape index (κ3) is 3.21. The van der Waals surface area contributed by atoms with Crippen LogP contribution in [0.1, 0.15) is 32.6 Å². The van der Waals surface area contributed by atoms with E-state index in [1.165, 1.54) is 12.8 Å². The predicted molar refractivity (Wildman–Crippen MR) is 46.5 cm³/mol. The van der Waals surface area contributed by atoms with Crippen molar-refractivity contribution >= 4 is 0 Å². The summed E-state index contributed by atoms with van der Waals surface area (Å²) >= 11 is 0. The van der Waals surface area contributed by atoms with Crippen molar-refractivity contribution < 1.29 is 5.11 Å². The maximum absolute atomic E-state index is 8.62. The van der Waals surface area contributed by atoms with Crippen molar-refractivity contribution in [3.63, 3.8) is 0 Å². The summed E-state index contributed by atoms with van der Waals surface area (Å²) < 4.78 is 0. The maximum atomic E-state index is 8.62. The fraction of sp³-hybridized carbons (Fsp3) is 1.00. The quantitative estimate of drug-likeness (QED) is 0.644. The first-order valence-corrected chi connectivity index (χ1v) is 4.67. The minimum Gasteiger partial charge on any atom is -0.396 e. The molecule has 2 heteroatoms. The summed E-state index contributed by atoms with van der Waals surface area (Å²) in [7, 11) is 0. The van der Waals surface area contributed by atoms with E-state index in [4.69, 9.17) is 5.11 Å². The highest BCUT2D eigenvalue weighted by molar-refractivity contribution is 4.75. The van der Waals surface area contributed by atoms with Gasteiger partial charge in [0.15, 0.2) is 0 Å². The number of hydrogen-bond acceptors (Lipinski definition) is 2. The normalized spacial score (nSPS) is 32.2. The number of piperidine rings is 1. The number of aliphatic hydroxyl groups is 1. The SMILES string of the molecule is C[C@@H]1CC[C@H](CCCO)NC1. The number of hydrogen-bond donors (Lipinski definition) is 2. The van der Waals surface area contributed by atoms with Gasteiger partial charge in [0.25, 0.3) is 0 Å². The lowest BCUT2D eigenvalue weighted by Gasteiger charge is -2.27. The van der Waals surface area contributed by atoms with Gasteiger partial charge in [0.05, 0.1) is 0 Å². The van der Waals surface area contributed by atoms with Gasteiger partial charge in [0.1, 0.15) is 0 Å². The Balaban J connectivity index is 2.07. The Morgan fingerprint density at radius 2 is 2.27 bits per heavy atom. The third-order valence-corrected chi connectivity index (χ3v) is 2.47. The lowest BCUT2D eigenvalue weighted by atomic mass is 9.94. The summed E-state index contributed by atoms with van der Waals surface area (Å²) in [5.41, 5.74) is 0. The molecule has 2 atom stereocenters. The van der Waals surface area contributed by atoms with Crippen LogP contribution in [0.2, 0.25) is 0 Å². The van der Waals surface area contributed by atoms with Crippen LogP contribution < -0.4 is 5.32 Å². The molecule has 0 bridgehead atoms. The summed E-state index contributed by atoms with van der Waals surface area (Å²) in [5.74, 6) is 0.848. The number of rotatable bonds is 3. The molecule has 0 aromatic carbocycles. The zero-order valence-corrected chi connectivity index (χ0v) is 7.34. The van der Waals surface area contributed by atoms with Gasteiger partial charge >= 0.3 is 0 Å². The van der Waals surface area contributed by atoms with E-state index in [0.717, 1.165) is 25.3 Å². The van der Waals surface area contributed by atoms with Gasteiger partial charge in [-0.25, -0.2) is 0 Å². The Bertz CT molecular complexity index is 95.0. The van der Waals surface area contributed by atoms with Crippen molar-refractivity contribution in [1.82, 2.24) is 5.32 Å². The van der Waals surface area contributed by atoms with Gasteiger partial charge in [0, 0.05) is 12.6 Å². The van der Waals surface area contributed by atoms with E-state index in [1.807, 2.05) is 0 Å². The van der Waals surface area contributed by atoms with Gasteiger partial charge in [-0.2, -0.15) is 0 Å². The standard InChI is InChI=1S/C9H19NO/c1-8-4-5-9(10-7-8)3-2-6-11/h8-11H,2-7H2,1H3/t8-,9+/m1/s1. The van der Waals surface area contributed by atoms with Crippen LogP contribution in [-0.2, 0) is 0 Å². The summed E-state index contributed by atoms with van der Waals surface area (Å²) in [6, 6.07) is 0.679. The largest absolute Gasteiger partial charge is 0.396 e. The molecule has 1 aliphatic heterocycles. The van der Waals surface area contributed by atoms with Crippen molar-refractivity contribution in [1.29, 1.82) is 0 Å². The third-order valence-electron chi connectivity index (χ3n) is 2.47. The molecule has 0 saturated carbocycles. The van der Waals surface area contributed by atoms with Crippen LogP contribution in [0.25, 0.3) is 0 Å². The highest BCUT2D eigenvalue weighted by Gasteiger charge is 2.16. The molecule has 0 amide bonds. The van der Waals surface area contributed by atoms with Crippen LogP contribution in [-0.4, -0.2) is 24.3 Å². The van der Waals surface area contributed by atoms with Gasteiger partial charge in [-0.05, 0) is 38.1 Å². The summed E-state index contributed by atoms with van der Waals surface area (Å²) in [6.07, 6.45) is 4.74. The predicted octanol–water partition coefficient (Wildman–Crippen LogP) is 1.15. The van der Waals surface area contributed by atoms with Gasteiger partial charge in [-0.15, -0.1) is 0 Å². The highest BCUT2D eigenvalue weighted by atomic mass is 16.2. The Morgan fingerprint density at radius 3 is 2.82 bits per heavy atom. The first kappa shape index (κ1) is 9.01. The topological polar surface area (TPSA) is 32.3 Å². The maximum Gasteiger partial charge on any atom is 0.0431 e. The fourth-order valence-corrected chi connectivity index (χ4v) is 1.64. The second-order valence-corrected chi connectivity index (χ2v) is 3.65. The molecule has 0 spiro atoms. The van der Waals surface area contributed by atoms with Crippen molar-refractivity contribution in [2.75, 3.05) is 13.2 Å². The van der Waals surface area contributed by atoms with Gasteiger partial charge in [-0.1, -0.05) is 6.92 Å². The molecule has 0 aliphatic carbocycles. The van der Waals surface area contributed by atoms with Crippen LogP contribution in [0.5, 0.6) is 0 Å². The molecule has 66 valence electrons. The highest BCUT2D eigenvalue weighted by Crippen LogP contribution is 2.15. The molecule has 0 aromatic rings. The molecule has 1 heterocycles. The van der Waals surface area contributed by atoms with E-state index >= 15 is 0 Å². The molecule has 1 rings (SSSR count). The van der Waals surface area contributed by atoms with Crippen molar-refractivity contribution in [2.45, 2.75) is 38.6 Å². The Labute approximate surface area is 69.0 Å². The first-order chi connectivity index (χ1) is 5.33. The molecule has 11 heavy (non-hydrogen) atoms. The molecular formula is C9H19NO. The minimum atomic E-state index is 0.341. The smallest absolute Gasteiger partial charge is 0.0431 e. The molecule has 2 N–H and O–H groups in total. The van der Waals surface area contributed by atoms with Gasteiger partial charge < -0.3 is 10.4 Å². The van der Waals surface area contributed by atoms with E-state index in [-0.39, 0.29) is 0 Å². The van der Waals surface area contributed by atoms with E-state index in [0.29, 0.717) is 12.6 Å². The zero-order valence-electron chi connectivity index (χ0n) is 7.34. The van der Waals surface area contributed by atoms with E-state index in [1.54, 1.807) is 0 Å². The minimum absolute atomic E-state index is 0.341. The van der Waals surface area contributed by atoms with Crippen molar-refractivity contribution in [3.05, 3.63) is 0 Å². The summed E-state index contributed by atoms with van der Waals surface area (Å²) in [6.45, 7) is 3.79. The second-order valence-electron chi connectivity index (χ2n) is 3.65. The molecule has 1 aliphatic rings. The Hall–Kier alpha value is -0.0800. The molecule has 1 fully saturated rings. The molecular weight excluding hydrogens is 138 g/mol. The van der Waals surface area contributed by atoms with Crippen LogP contribution in [0.4, 0.5) is 0 Å². The molecule has 0 aromatic heterocycles. The zero-order chi connectivity index (χ0) is 8.10. The number of nitrogens with one attached hydrogen (secondary N) is 1. The Kier molecular flexibility index (Phi) is 3.87. The lowest BCUT2D eigenvalue weighted by Crippen LogP contribution is -2.37. The summed E-state index contributed by atoms with van der Waals surface area (Å²) in [5, 5.41) is 12.1. The van der Waals surface area contributed by atoms with Crippen molar-refractivity contribution in [2.24, 2.45) is 5.92 Å². The lowest BCUT2D eigenvalue weighted by molar-refractivity contribution is 0.255. The molecule has 1 saturated heterocycles. The average molecular weight is 157 g/mol. The Morgan fingerprint density at radius 1 is 1.45 bits per heavy atom. The number of aliphatic hydroxyl groups excluding tert-OH is 1. The molecule has 0 radical (unpaired) electrons. The second kappa shape index (κ2) is 4.73. The summed E-state index contributed by atoms with van der Waals surface area (Å²) in [4.78, 5) is 0. The average Bonchev–Trinajstić information content (AvgIpc) is 2.04. The monoisotopic (exact) mass is 157 g/mol. The van der Waals surface area contributed by atoms with Crippen LogP contribution in [0.3, 0.4) is 0 Å². The van der Waals surface area contributed by atoms with Crippen LogP contribution >= 0.6 is 0 Å². The van der Waals surface area contributed by atoms with Gasteiger partial charge in [0.2, 0.25) is 0 Å². The van der Waals surface area contributed by atoms with Crippen LogP contribution in [0, 0.1) is 5.92 Å². The van der Waals surface area contributed by atoms with Gasteiger partial charge in [-0.3, -0.25) is 0 Å².